The minimum atomic E-state index is -4.62. The maximum atomic E-state index is 13.6. The first-order chi connectivity index (χ1) is 21.3. The molecule has 0 aromatic heterocycles. The van der Waals surface area contributed by atoms with Crippen molar-refractivity contribution in [3.8, 4) is 22.6 Å². The Kier molecular flexibility index (Phi) is 12.8. The van der Waals surface area contributed by atoms with E-state index in [0.717, 1.165) is 42.7 Å². The number of hydrogen-bond acceptors (Lipinski definition) is 6. The maximum absolute atomic E-state index is 13.6. The Bertz CT molecular complexity index is 1570. The van der Waals surface area contributed by atoms with E-state index in [-0.39, 0.29) is 54.2 Å². The molecule has 3 aromatic carbocycles. The minimum absolute atomic E-state index is 0.0236. The Morgan fingerprint density at radius 3 is 2.16 bits per heavy atom. The monoisotopic (exact) mass is 650 g/mol. The van der Waals surface area contributed by atoms with Gasteiger partial charge in [-0.15, -0.1) is 0 Å². The number of alkyl halides is 3. The van der Waals surface area contributed by atoms with Crippen LogP contribution in [0.1, 0.15) is 61.6 Å². The van der Waals surface area contributed by atoms with Gasteiger partial charge in [-0.05, 0) is 84.7 Å². The Hall–Kier alpha value is -4.06. The molecule has 244 valence electrons. The van der Waals surface area contributed by atoms with Crippen molar-refractivity contribution in [2.24, 2.45) is 0 Å². The lowest BCUT2D eigenvalue weighted by Gasteiger charge is -2.16. The lowest BCUT2D eigenvalue weighted by Crippen LogP contribution is -2.07. The number of aliphatic carboxylic acids is 2. The topological polar surface area (TPSA) is 127 Å². The number of ether oxygens (including phenoxy) is 2. The molecule has 0 aliphatic heterocycles. The van der Waals surface area contributed by atoms with E-state index in [0.29, 0.717) is 25.0 Å². The van der Waals surface area contributed by atoms with Crippen molar-refractivity contribution in [1.29, 1.82) is 0 Å². The number of benzene rings is 3. The first-order valence-corrected chi connectivity index (χ1v) is 16.5. The van der Waals surface area contributed by atoms with Crippen molar-refractivity contribution < 1.29 is 50.9 Å². The van der Waals surface area contributed by atoms with Gasteiger partial charge in [0.25, 0.3) is 0 Å². The van der Waals surface area contributed by atoms with Gasteiger partial charge in [0.15, 0.2) is 9.84 Å². The molecule has 0 unspecified atom stereocenters. The molecule has 0 aliphatic rings. The summed E-state index contributed by atoms with van der Waals surface area (Å²) in [6.07, 6.45) is 0.585. The van der Waals surface area contributed by atoms with Crippen LogP contribution in [0.2, 0.25) is 0 Å². The number of sulfone groups is 1. The molecule has 0 saturated carbocycles. The molecule has 0 amide bonds. The fraction of sp³-hybridized carbons (Fsp3) is 0.394. The van der Waals surface area contributed by atoms with E-state index in [9.17, 15) is 36.3 Å². The highest BCUT2D eigenvalue weighted by Gasteiger charge is 2.33. The summed E-state index contributed by atoms with van der Waals surface area (Å²) < 4.78 is 77.0. The molecular formula is C33H37F3O8S. The Labute approximate surface area is 260 Å². The van der Waals surface area contributed by atoms with Crippen LogP contribution in [0, 0.1) is 0 Å². The SMILES string of the molecule is CS(=O)(=O)c1cc(OCCCCCCc2cccc(OCCCC(=O)O)c2CCC(=O)O)cc(-c2ccccc2C(F)(F)F)c1. The number of carboxylic acids is 2. The molecule has 0 spiro atoms. The van der Waals surface area contributed by atoms with Gasteiger partial charge in [0.05, 0.1) is 23.7 Å². The summed E-state index contributed by atoms with van der Waals surface area (Å²) in [6, 6.07) is 14.4. The molecule has 8 nitrogen and oxygen atoms in total. The van der Waals surface area contributed by atoms with E-state index in [4.69, 9.17) is 14.6 Å². The zero-order chi connectivity index (χ0) is 33.0. The number of carbonyl (C=O) groups is 2. The fourth-order valence-electron chi connectivity index (χ4n) is 4.87. The first-order valence-electron chi connectivity index (χ1n) is 14.6. The number of aryl methyl sites for hydroxylation is 1. The van der Waals surface area contributed by atoms with Gasteiger partial charge >= 0.3 is 18.1 Å². The van der Waals surface area contributed by atoms with Gasteiger partial charge in [-0.1, -0.05) is 43.2 Å². The molecular weight excluding hydrogens is 613 g/mol. The number of halogens is 3. The van der Waals surface area contributed by atoms with Gasteiger partial charge in [-0.2, -0.15) is 13.2 Å². The van der Waals surface area contributed by atoms with Crippen molar-refractivity contribution in [3.63, 3.8) is 0 Å². The molecule has 3 rings (SSSR count). The van der Waals surface area contributed by atoms with Crippen molar-refractivity contribution in [2.45, 2.75) is 68.9 Å². The highest BCUT2D eigenvalue weighted by Crippen LogP contribution is 2.39. The molecule has 2 N–H and O–H groups in total. The third-order valence-electron chi connectivity index (χ3n) is 7.07. The van der Waals surface area contributed by atoms with E-state index in [1.54, 1.807) is 6.07 Å². The van der Waals surface area contributed by atoms with Crippen molar-refractivity contribution >= 4 is 21.8 Å². The van der Waals surface area contributed by atoms with E-state index in [1.165, 1.54) is 36.4 Å². The molecule has 0 bridgehead atoms. The predicted octanol–water partition coefficient (Wildman–Crippen LogP) is 7.22. The van der Waals surface area contributed by atoms with Crippen LogP contribution in [0.15, 0.2) is 65.6 Å². The lowest BCUT2D eigenvalue weighted by atomic mass is 9.97. The number of unbranched alkanes of at least 4 members (excludes halogenated alkanes) is 3. The van der Waals surface area contributed by atoms with Crippen molar-refractivity contribution in [3.05, 3.63) is 77.4 Å². The summed E-state index contributed by atoms with van der Waals surface area (Å²) in [7, 11) is -3.73. The highest BCUT2D eigenvalue weighted by atomic mass is 32.2. The molecule has 45 heavy (non-hydrogen) atoms. The lowest BCUT2D eigenvalue weighted by molar-refractivity contribution is -0.138. The minimum Gasteiger partial charge on any atom is -0.494 e. The molecule has 12 heteroatoms. The van der Waals surface area contributed by atoms with Crippen LogP contribution in [-0.2, 0) is 38.4 Å². The number of hydrogen-bond donors (Lipinski definition) is 2. The summed E-state index contributed by atoms with van der Waals surface area (Å²) >= 11 is 0. The summed E-state index contributed by atoms with van der Waals surface area (Å²) in [4.78, 5) is 21.8. The molecule has 3 aromatic rings. The van der Waals surface area contributed by atoms with Gasteiger partial charge in [0.1, 0.15) is 11.5 Å². The summed E-state index contributed by atoms with van der Waals surface area (Å²) in [6.45, 7) is 0.441. The highest BCUT2D eigenvalue weighted by molar-refractivity contribution is 7.90. The fourth-order valence-corrected chi connectivity index (χ4v) is 5.54. The van der Waals surface area contributed by atoms with Gasteiger partial charge in [0.2, 0.25) is 0 Å². The summed E-state index contributed by atoms with van der Waals surface area (Å²) in [5, 5.41) is 18.0. The van der Waals surface area contributed by atoms with Crippen molar-refractivity contribution in [1.82, 2.24) is 0 Å². The third kappa shape index (κ3) is 11.4. The van der Waals surface area contributed by atoms with Crippen LogP contribution in [0.4, 0.5) is 13.2 Å². The zero-order valence-electron chi connectivity index (χ0n) is 24.9. The molecule has 0 atom stereocenters. The van der Waals surface area contributed by atoms with Gasteiger partial charge in [0, 0.05) is 19.1 Å². The van der Waals surface area contributed by atoms with Gasteiger partial charge in [-0.25, -0.2) is 8.42 Å². The average molecular weight is 651 g/mol. The number of carboxylic acid groups (broad SMARTS) is 2. The molecule has 0 fully saturated rings. The quantitative estimate of drug-likeness (QED) is 0.138. The number of rotatable bonds is 18. The second kappa shape index (κ2) is 16.3. The molecule has 0 saturated heterocycles. The summed E-state index contributed by atoms with van der Waals surface area (Å²) in [5.41, 5.74) is 0.841. The van der Waals surface area contributed by atoms with Crippen LogP contribution in [0.25, 0.3) is 11.1 Å². The smallest absolute Gasteiger partial charge is 0.417 e. The normalized spacial score (nSPS) is 11.7. The van der Waals surface area contributed by atoms with E-state index < -0.39 is 33.5 Å². The van der Waals surface area contributed by atoms with Crippen molar-refractivity contribution in [2.75, 3.05) is 19.5 Å². The van der Waals surface area contributed by atoms with Gasteiger partial charge in [-0.3, -0.25) is 9.59 Å². The third-order valence-corrected chi connectivity index (χ3v) is 8.16. The van der Waals surface area contributed by atoms with E-state index in [1.807, 2.05) is 12.1 Å². The molecule has 0 aliphatic carbocycles. The Morgan fingerprint density at radius 2 is 1.47 bits per heavy atom. The Balaban J connectivity index is 1.59. The summed E-state index contributed by atoms with van der Waals surface area (Å²) in [5.74, 6) is -1.13. The molecule has 0 heterocycles. The largest absolute Gasteiger partial charge is 0.494 e. The first kappa shape index (κ1) is 35.4. The van der Waals surface area contributed by atoms with E-state index >= 15 is 0 Å². The standard InChI is InChI=1S/C33H37F3O8S/c1-45(41,42)26-21-24(27-12-5-6-13-29(27)33(34,35)36)20-25(22-26)43-18-7-3-2-4-10-23-11-8-14-30(28(23)16-17-32(39)40)44-19-9-15-31(37)38/h5-6,8,11-14,20-22H,2-4,7,9-10,15-19H2,1H3,(H,37,38)(H,39,40). The zero-order valence-corrected chi connectivity index (χ0v) is 25.8. The van der Waals surface area contributed by atoms with Crippen LogP contribution < -0.4 is 9.47 Å². The second-order valence-electron chi connectivity index (χ2n) is 10.7. The second-order valence-corrected chi connectivity index (χ2v) is 12.7. The molecule has 0 radical (unpaired) electrons. The predicted molar refractivity (Wildman–Crippen MR) is 162 cm³/mol. The van der Waals surface area contributed by atoms with E-state index in [2.05, 4.69) is 0 Å². The van der Waals surface area contributed by atoms with Gasteiger partial charge < -0.3 is 19.7 Å². The maximum Gasteiger partial charge on any atom is 0.417 e. The van der Waals surface area contributed by atoms with Crippen LogP contribution in [-0.4, -0.2) is 50.0 Å². The Morgan fingerprint density at radius 1 is 0.778 bits per heavy atom. The van der Waals surface area contributed by atoms with Crippen LogP contribution >= 0.6 is 0 Å². The van der Waals surface area contributed by atoms with Crippen LogP contribution in [0.3, 0.4) is 0 Å². The average Bonchev–Trinajstić information content (AvgIpc) is 2.97. The van der Waals surface area contributed by atoms with Crippen LogP contribution in [0.5, 0.6) is 11.5 Å².